The molecule has 0 bridgehead atoms. The van der Waals surface area contributed by atoms with Crippen molar-refractivity contribution in [2.75, 3.05) is 5.73 Å². The second-order valence-electron chi connectivity index (χ2n) is 5.11. The van der Waals surface area contributed by atoms with Gasteiger partial charge in [0.05, 0.1) is 11.2 Å². The van der Waals surface area contributed by atoms with E-state index in [0.29, 0.717) is 0 Å². The van der Waals surface area contributed by atoms with Crippen LogP contribution < -0.4 is 5.73 Å². The van der Waals surface area contributed by atoms with Gasteiger partial charge in [-0.1, -0.05) is 36.4 Å². The molecule has 20 heavy (non-hydrogen) atoms. The first-order valence-electron chi connectivity index (χ1n) is 7.01. The van der Waals surface area contributed by atoms with Crippen LogP contribution in [0, 0.1) is 6.92 Å². The Hall–Kier alpha value is -2.29. The molecule has 0 saturated heterocycles. The van der Waals surface area contributed by atoms with Crippen molar-refractivity contribution in [3.05, 3.63) is 59.9 Å². The second kappa shape index (κ2) is 5.37. The van der Waals surface area contributed by atoms with Gasteiger partial charge in [0.15, 0.2) is 0 Å². The number of hydrogen-bond acceptors (Lipinski definition) is 2. The van der Waals surface area contributed by atoms with Crippen LogP contribution in [0.5, 0.6) is 0 Å². The Bertz CT molecular complexity index is 714. The van der Waals surface area contributed by atoms with E-state index in [-0.39, 0.29) is 0 Å². The van der Waals surface area contributed by atoms with E-state index in [1.54, 1.807) is 0 Å². The smallest absolute Gasteiger partial charge is 0.112 e. The molecule has 2 aromatic carbocycles. The summed E-state index contributed by atoms with van der Waals surface area (Å²) in [4.78, 5) is 4.58. The summed E-state index contributed by atoms with van der Waals surface area (Å²) in [6.45, 7) is 3.02. The van der Waals surface area contributed by atoms with Gasteiger partial charge < -0.3 is 10.3 Å². The molecule has 3 heteroatoms. The van der Waals surface area contributed by atoms with Gasteiger partial charge in [-0.05, 0) is 37.5 Å². The molecule has 0 unspecified atom stereocenters. The number of anilines is 1. The lowest BCUT2D eigenvalue weighted by Gasteiger charge is -2.07. The Morgan fingerprint density at radius 3 is 2.65 bits per heavy atom. The molecular formula is C17H19N3. The summed E-state index contributed by atoms with van der Waals surface area (Å²) in [5, 5.41) is 0. The van der Waals surface area contributed by atoms with Crippen molar-refractivity contribution in [3.63, 3.8) is 0 Å². The molecule has 0 aliphatic carbocycles. The van der Waals surface area contributed by atoms with Gasteiger partial charge in [0.2, 0.25) is 0 Å². The third kappa shape index (κ3) is 2.39. The largest absolute Gasteiger partial charge is 0.397 e. The SMILES string of the molecule is Cc1nc2c(N)cccc2n1CCCc1ccccc1. The van der Waals surface area contributed by atoms with Crippen LogP contribution in [0.2, 0.25) is 0 Å². The summed E-state index contributed by atoms with van der Waals surface area (Å²) < 4.78 is 2.26. The topological polar surface area (TPSA) is 43.8 Å². The van der Waals surface area contributed by atoms with E-state index < -0.39 is 0 Å². The lowest BCUT2D eigenvalue weighted by atomic mass is 10.1. The number of para-hydroxylation sites is 1. The first-order chi connectivity index (χ1) is 9.75. The van der Waals surface area contributed by atoms with Crippen LogP contribution in [0.3, 0.4) is 0 Å². The molecule has 0 atom stereocenters. The number of nitrogens with two attached hydrogens (primary N) is 1. The Morgan fingerprint density at radius 2 is 1.85 bits per heavy atom. The monoisotopic (exact) mass is 265 g/mol. The van der Waals surface area contributed by atoms with Gasteiger partial charge in [-0.15, -0.1) is 0 Å². The molecule has 3 rings (SSSR count). The molecule has 1 aromatic heterocycles. The molecule has 0 amide bonds. The summed E-state index contributed by atoms with van der Waals surface area (Å²) in [5.41, 5.74) is 10.2. The van der Waals surface area contributed by atoms with E-state index >= 15 is 0 Å². The minimum absolute atomic E-state index is 0.757. The van der Waals surface area contributed by atoms with Crippen molar-refractivity contribution in [1.29, 1.82) is 0 Å². The van der Waals surface area contributed by atoms with E-state index in [0.717, 1.165) is 41.9 Å². The summed E-state index contributed by atoms with van der Waals surface area (Å²) in [6.07, 6.45) is 2.19. The molecule has 3 aromatic rings. The van der Waals surface area contributed by atoms with Crippen molar-refractivity contribution >= 4 is 16.7 Å². The zero-order chi connectivity index (χ0) is 13.9. The Labute approximate surface area is 119 Å². The number of aryl methyl sites for hydroxylation is 3. The van der Waals surface area contributed by atoms with Gasteiger partial charge in [-0.2, -0.15) is 0 Å². The Morgan fingerprint density at radius 1 is 1.05 bits per heavy atom. The second-order valence-corrected chi connectivity index (χ2v) is 5.11. The third-order valence-corrected chi connectivity index (χ3v) is 3.69. The van der Waals surface area contributed by atoms with Crippen LogP contribution in [0.25, 0.3) is 11.0 Å². The number of nitrogen functional groups attached to an aromatic ring is 1. The fraction of sp³-hybridized carbons (Fsp3) is 0.235. The minimum atomic E-state index is 0.757. The lowest BCUT2D eigenvalue weighted by molar-refractivity contribution is 0.641. The number of rotatable bonds is 4. The van der Waals surface area contributed by atoms with Crippen LogP contribution in [0.4, 0.5) is 5.69 Å². The molecule has 0 aliphatic rings. The number of fused-ring (bicyclic) bond motifs is 1. The van der Waals surface area contributed by atoms with E-state index in [1.165, 1.54) is 5.56 Å². The van der Waals surface area contributed by atoms with Crippen LogP contribution in [-0.2, 0) is 13.0 Å². The summed E-state index contributed by atoms with van der Waals surface area (Å²) in [7, 11) is 0. The summed E-state index contributed by atoms with van der Waals surface area (Å²) in [6, 6.07) is 16.6. The molecule has 0 aliphatic heterocycles. The molecular weight excluding hydrogens is 246 g/mol. The van der Waals surface area contributed by atoms with Crippen LogP contribution in [-0.4, -0.2) is 9.55 Å². The summed E-state index contributed by atoms with van der Waals surface area (Å²) in [5.74, 6) is 1.03. The highest BCUT2D eigenvalue weighted by atomic mass is 15.1. The molecule has 0 radical (unpaired) electrons. The van der Waals surface area contributed by atoms with Gasteiger partial charge in [-0.3, -0.25) is 0 Å². The van der Waals surface area contributed by atoms with Gasteiger partial charge in [0.1, 0.15) is 11.3 Å². The molecule has 0 spiro atoms. The first kappa shape index (κ1) is 12.7. The van der Waals surface area contributed by atoms with E-state index in [4.69, 9.17) is 5.73 Å². The van der Waals surface area contributed by atoms with Crippen molar-refractivity contribution < 1.29 is 0 Å². The Balaban J connectivity index is 1.78. The van der Waals surface area contributed by atoms with Crippen molar-refractivity contribution in [2.24, 2.45) is 0 Å². The molecule has 0 fully saturated rings. The number of benzene rings is 2. The third-order valence-electron chi connectivity index (χ3n) is 3.69. The van der Waals surface area contributed by atoms with E-state index in [2.05, 4.69) is 45.9 Å². The highest BCUT2D eigenvalue weighted by Crippen LogP contribution is 2.22. The number of aromatic nitrogens is 2. The molecule has 0 saturated carbocycles. The molecule has 2 N–H and O–H groups in total. The predicted octanol–water partition coefficient (Wildman–Crippen LogP) is 3.56. The van der Waals surface area contributed by atoms with Crippen molar-refractivity contribution in [2.45, 2.75) is 26.3 Å². The maximum atomic E-state index is 5.98. The average Bonchev–Trinajstić information content (AvgIpc) is 2.78. The van der Waals surface area contributed by atoms with Gasteiger partial charge in [-0.25, -0.2) is 4.98 Å². The molecule has 102 valence electrons. The molecule has 3 nitrogen and oxygen atoms in total. The normalized spacial score (nSPS) is 11.1. The first-order valence-corrected chi connectivity index (χ1v) is 7.01. The Kier molecular flexibility index (Phi) is 3.42. The number of hydrogen-bond donors (Lipinski definition) is 1. The van der Waals surface area contributed by atoms with Gasteiger partial charge in [0.25, 0.3) is 0 Å². The van der Waals surface area contributed by atoms with Crippen LogP contribution in [0.15, 0.2) is 48.5 Å². The standard InChI is InChI=1S/C17H19N3/c1-13-19-17-15(18)10-5-11-16(17)20(13)12-6-9-14-7-3-2-4-8-14/h2-5,7-8,10-11H,6,9,12,18H2,1H3. The summed E-state index contributed by atoms with van der Waals surface area (Å²) >= 11 is 0. The number of imidazole rings is 1. The highest BCUT2D eigenvalue weighted by Gasteiger charge is 2.08. The van der Waals surface area contributed by atoms with E-state index in [9.17, 15) is 0 Å². The maximum absolute atomic E-state index is 5.98. The van der Waals surface area contributed by atoms with Crippen LogP contribution >= 0.6 is 0 Å². The fourth-order valence-electron chi connectivity index (χ4n) is 2.65. The van der Waals surface area contributed by atoms with Crippen molar-refractivity contribution in [1.82, 2.24) is 9.55 Å². The fourth-order valence-corrected chi connectivity index (χ4v) is 2.65. The number of nitrogens with zero attached hydrogens (tertiary/aromatic N) is 2. The minimum Gasteiger partial charge on any atom is -0.397 e. The lowest BCUT2D eigenvalue weighted by Crippen LogP contribution is -2.02. The average molecular weight is 265 g/mol. The van der Waals surface area contributed by atoms with Crippen molar-refractivity contribution in [3.8, 4) is 0 Å². The maximum Gasteiger partial charge on any atom is 0.112 e. The highest BCUT2D eigenvalue weighted by molar-refractivity contribution is 5.87. The predicted molar refractivity (Wildman–Crippen MR) is 83.6 cm³/mol. The molecule has 1 heterocycles. The van der Waals surface area contributed by atoms with Gasteiger partial charge in [0, 0.05) is 6.54 Å². The quantitative estimate of drug-likeness (QED) is 0.733. The zero-order valence-corrected chi connectivity index (χ0v) is 11.7. The van der Waals surface area contributed by atoms with Gasteiger partial charge >= 0.3 is 0 Å². The zero-order valence-electron chi connectivity index (χ0n) is 11.7. The van der Waals surface area contributed by atoms with E-state index in [1.807, 2.05) is 19.1 Å². The van der Waals surface area contributed by atoms with Crippen LogP contribution in [0.1, 0.15) is 17.8 Å².